The van der Waals surface area contributed by atoms with Gasteiger partial charge in [-0.3, -0.25) is 9.59 Å². The van der Waals surface area contributed by atoms with Crippen molar-refractivity contribution < 1.29 is 27.1 Å². The zero-order valence-corrected chi connectivity index (χ0v) is 26.5. The molecule has 5 rings (SSSR count). The Labute approximate surface area is 258 Å². The largest absolute Gasteiger partial charge is 0.489 e. The number of nitrogens with zero attached hydrogens (tertiary/aromatic N) is 4. The zero-order valence-electron chi connectivity index (χ0n) is 25.7. The van der Waals surface area contributed by atoms with Crippen molar-refractivity contribution in [1.29, 1.82) is 0 Å². The second-order valence-corrected chi connectivity index (χ2v) is 13.4. The van der Waals surface area contributed by atoms with E-state index in [2.05, 4.69) is 4.90 Å². The van der Waals surface area contributed by atoms with E-state index in [9.17, 15) is 22.4 Å². The van der Waals surface area contributed by atoms with Gasteiger partial charge in [-0.2, -0.15) is 4.31 Å². The molecule has 0 saturated carbocycles. The van der Waals surface area contributed by atoms with E-state index >= 15 is 0 Å². The third-order valence-corrected chi connectivity index (χ3v) is 10.8. The van der Waals surface area contributed by atoms with Gasteiger partial charge in [-0.05, 0) is 79.8 Å². The van der Waals surface area contributed by atoms with Gasteiger partial charge in [0.1, 0.15) is 18.2 Å². The molecule has 0 unspecified atom stereocenters. The van der Waals surface area contributed by atoms with Gasteiger partial charge in [0.25, 0.3) is 0 Å². The normalized spacial score (nSPS) is 16.2. The zero-order chi connectivity index (χ0) is 31.6. The van der Waals surface area contributed by atoms with Gasteiger partial charge in [-0.15, -0.1) is 0 Å². The van der Waals surface area contributed by atoms with Crippen LogP contribution in [0.5, 0.6) is 5.75 Å². The Kier molecular flexibility index (Phi) is 9.26. The molecule has 2 fully saturated rings. The Morgan fingerprint density at radius 1 is 0.750 bits per heavy atom. The summed E-state index contributed by atoms with van der Waals surface area (Å²) in [5.74, 6) is -0.754. The monoisotopic (exact) mass is 622 g/mol. The van der Waals surface area contributed by atoms with Crippen molar-refractivity contribution in [3.8, 4) is 5.75 Å². The van der Waals surface area contributed by atoms with Gasteiger partial charge < -0.3 is 19.4 Å². The summed E-state index contributed by atoms with van der Waals surface area (Å²) in [7, 11) is -3.74. The molecule has 2 aliphatic rings. The summed E-state index contributed by atoms with van der Waals surface area (Å²) >= 11 is 0. The van der Waals surface area contributed by atoms with Gasteiger partial charge in [0.2, 0.25) is 10.0 Å². The minimum atomic E-state index is -3.74. The molecule has 44 heavy (non-hydrogen) atoms. The summed E-state index contributed by atoms with van der Waals surface area (Å²) in [4.78, 5) is 31.8. The van der Waals surface area contributed by atoms with E-state index < -0.39 is 21.8 Å². The van der Waals surface area contributed by atoms with Gasteiger partial charge in [0.15, 0.2) is 0 Å². The molecule has 0 atom stereocenters. The van der Waals surface area contributed by atoms with Crippen molar-refractivity contribution >= 4 is 27.5 Å². The summed E-state index contributed by atoms with van der Waals surface area (Å²) in [5, 5.41) is 0. The lowest BCUT2D eigenvalue weighted by Gasteiger charge is -2.38. The molecule has 2 aliphatic heterocycles. The number of ether oxygens (including phenoxy) is 1. The Morgan fingerprint density at radius 3 is 1.86 bits per heavy atom. The molecule has 2 amide bonds. The Morgan fingerprint density at radius 2 is 1.30 bits per heavy atom. The van der Waals surface area contributed by atoms with Crippen LogP contribution in [0.1, 0.15) is 27.8 Å². The second-order valence-electron chi connectivity index (χ2n) is 11.5. The molecule has 0 radical (unpaired) electrons. The van der Waals surface area contributed by atoms with Crippen molar-refractivity contribution in [3.63, 3.8) is 0 Å². The van der Waals surface area contributed by atoms with Crippen LogP contribution in [0.3, 0.4) is 0 Å². The minimum Gasteiger partial charge on any atom is -0.489 e. The van der Waals surface area contributed by atoms with Crippen LogP contribution in [-0.4, -0.2) is 86.7 Å². The van der Waals surface area contributed by atoms with E-state index in [0.717, 1.165) is 33.5 Å². The average molecular weight is 623 g/mol. The van der Waals surface area contributed by atoms with E-state index in [1.54, 1.807) is 17.0 Å². The number of benzene rings is 3. The van der Waals surface area contributed by atoms with Crippen molar-refractivity contribution in [3.05, 3.63) is 88.2 Å². The topological polar surface area (TPSA) is 90.5 Å². The van der Waals surface area contributed by atoms with Crippen LogP contribution in [-0.2, 0) is 26.2 Å². The lowest BCUT2D eigenvalue weighted by Crippen LogP contribution is -2.57. The molecule has 2 heterocycles. The number of sulfonamides is 1. The van der Waals surface area contributed by atoms with Crippen molar-refractivity contribution in [2.24, 2.45) is 0 Å². The Hall–Kier alpha value is -3.96. The number of carbonyl (C=O) groups is 2. The van der Waals surface area contributed by atoms with E-state index in [1.165, 1.54) is 21.3 Å². The van der Waals surface area contributed by atoms with Crippen molar-refractivity contribution in [2.75, 3.05) is 57.3 Å². The van der Waals surface area contributed by atoms with Crippen LogP contribution in [0.4, 0.5) is 10.1 Å². The fourth-order valence-corrected chi connectivity index (χ4v) is 7.78. The third kappa shape index (κ3) is 6.58. The summed E-state index contributed by atoms with van der Waals surface area (Å²) in [5.41, 5.74) is 5.15. The molecule has 0 N–H and O–H groups in total. The number of aryl methyl sites for hydroxylation is 2. The molecular formula is C33H39FN4O5S. The van der Waals surface area contributed by atoms with Gasteiger partial charge in [-0.25, -0.2) is 12.8 Å². The lowest BCUT2D eigenvalue weighted by molar-refractivity contribution is -0.152. The highest BCUT2D eigenvalue weighted by molar-refractivity contribution is 7.89. The molecule has 3 aromatic carbocycles. The van der Waals surface area contributed by atoms with Crippen molar-refractivity contribution in [2.45, 2.75) is 39.2 Å². The SMILES string of the molecule is Cc1cc(C)c(C)c(S(=O)(=O)N2CCN(C(=O)C(=O)N3CCN(c4cccc(OCc5ccc(F)cc5)c4)CC3)CC2)c1C. The Balaban J connectivity index is 1.13. The maximum absolute atomic E-state index is 13.6. The summed E-state index contributed by atoms with van der Waals surface area (Å²) in [6.45, 7) is 10.3. The first-order valence-electron chi connectivity index (χ1n) is 14.8. The van der Waals surface area contributed by atoms with Crippen LogP contribution in [0.2, 0.25) is 0 Å². The van der Waals surface area contributed by atoms with Crippen LogP contribution < -0.4 is 9.64 Å². The molecular weight excluding hydrogens is 583 g/mol. The second kappa shape index (κ2) is 13.0. The molecule has 0 aliphatic carbocycles. The molecule has 11 heteroatoms. The predicted octanol–water partition coefficient (Wildman–Crippen LogP) is 3.82. The standard InChI is InChI=1S/C33H39FN4O5S/c1-23-20-24(2)26(4)31(25(23)3)44(41,42)38-18-16-37(17-19-38)33(40)32(39)36-14-12-35(13-15-36)29-6-5-7-30(21-29)43-22-27-8-10-28(34)11-9-27/h5-11,20-21H,12-19,22H2,1-4H3. The first-order chi connectivity index (χ1) is 21.0. The molecule has 2 saturated heterocycles. The number of amides is 2. The number of hydrogen-bond acceptors (Lipinski definition) is 6. The summed E-state index contributed by atoms with van der Waals surface area (Å²) < 4.78 is 47.7. The van der Waals surface area contributed by atoms with Gasteiger partial charge >= 0.3 is 11.8 Å². The molecule has 0 spiro atoms. The first kappa shape index (κ1) is 31.5. The molecule has 0 aromatic heterocycles. The number of anilines is 1. The quantitative estimate of drug-likeness (QED) is 0.389. The summed E-state index contributed by atoms with van der Waals surface area (Å²) in [6.07, 6.45) is 0. The first-order valence-corrected chi connectivity index (χ1v) is 16.3. The third-order valence-electron chi connectivity index (χ3n) is 8.67. The van der Waals surface area contributed by atoms with E-state index in [0.29, 0.717) is 43.4 Å². The highest BCUT2D eigenvalue weighted by Gasteiger charge is 2.36. The maximum atomic E-state index is 13.6. The smallest absolute Gasteiger partial charge is 0.312 e. The average Bonchev–Trinajstić information content (AvgIpc) is 3.03. The van der Waals surface area contributed by atoms with Crippen LogP contribution >= 0.6 is 0 Å². The summed E-state index contributed by atoms with van der Waals surface area (Å²) in [6, 6.07) is 15.8. The van der Waals surface area contributed by atoms with E-state index in [1.807, 2.05) is 58.0 Å². The number of piperazine rings is 2. The lowest BCUT2D eigenvalue weighted by atomic mass is 10.0. The van der Waals surface area contributed by atoms with Crippen molar-refractivity contribution in [1.82, 2.24) is 14.1 Å². The molecule has 234 valence electrons. The fourth-order valence-electron chi connectivity index (χ4n) is 5.78. The van der Waals surface area contributed by atoms with E-state index in [4.69, 9.17) is 4.74 Å². The predicted molar refractivity (Wildman–Crippen MR) is 167 cm³/mol. The highest BCUT2D eigenvalue weighted by Crippen LogP contribution is 2.29. The van der Waals surface area contributed by atoms with E-state index in [-0.39, 0.29) is 32.0 Å². The molecule has 3 aromatic rings. The maximum Gasteiger partial charge on any atom is 0.312 e. The minimum absolute atomic E-state index is 0.139. The fraction of sp³-hybridized carbons (Fsp3) is 0.394. The van der Waals surface area contributed by atoms with Gasteiger partial charge in [-0.1, -0.05) is 24.3 Å². The number of carbonyl (C=O) groups excluding carboxylic acids is 2. The van der Waals surface area contributed by atoms with Gasteiger partial charge in [0, 0.05) is 64.1 Å². The number of rotatable bonds is 6. The van der Waals surface area contributed by atoms with Crippen LogP contribution in [0.25, 0.3) is 0 Å². The molecule has 9 nitrogen and oxygen atoms in total. The number of halogens is 1. The number of hydrogen-bond donors (Lipinski definition) is 0. The van der Waals surface area contributed by atoms with Gasteiger partial charge in [0.05, 0.1) is 4.90 Å². The Bertz CT molecular complexity index is 1620. The molecule has 0 bridgehead atoms. The van der Waals surface area contributed by atoms with Crippen LogP contribution in [0, 0.1) is 33.5 Å². The van der Waals surface area contributed by atoms with Crippen LogP contribution in [0.15, 0.2) is 59.5 Å². The highest BCUT2D eigenvalue weighted by atomic mass is 32.2.